The molecular weight excluding hydrogens is 297 g/mol. The summed E-state index contributed by atoms with van der Waals surface area (Å²) in [5.74, 6) is -4.86. The van der Waals surface area contributed by atoms with Crippen LogP contribution in [0.1, 0.15) is 39.0 Å². The highest BCUT2D eigenvalue weighted by Gasteiger charge is 2.21. The maximum atomic E-state index is 13.5. The SMILES string of the molecule is CC(Nc1ccc(F)c(F)c1F)C(=O)ONC1CCCCC1. The van der Waals surface area contributed by atoms with Gasteiger partial charge in [-0.1, -0.05) is 19.3 Å². The molecule has 0 heterocycles. The molecule has 1 unspecified atom stereocenters. The summed E-state index contributed by atoms with van der Waals surface area (Å²) in [5.41, 5.74) is 2.42. The van der Waals surface area contributed by atoms with Gasteiger partial charge in [-0.2, -0.15) is 0 Å². The van der Waals surface area contributed by atoms with Crippen molar-refractivity contribution >= 4 is 11.7 Å². The molecule has 4 nitrogen and oxygen atoms in total. The zero-order chi connectivity index (χ0) is 16.1. The summed E-state index contributed by atoms with van der Waals surface area (Å²) < 4.78 is 39.5. The Morgan fingerprint density at radius 3 is 2.55 bits per heavy atom. The monoisotopic (exact) mass is 316 g/mol. The van der Waals surface area contributed by atoms with E-state index in [0.717, 1.165) is 37.8 Å². The van der Waals surface area contributed by atoms with Gasteiger partial charge < -0.3 is 10.2 Å². The van der Waals surface area contributed by atoms with Crippen molar-refractivity contribution in [2.24, 2.45) is 0 Å². The lowest BCUT2D eigenvalue weighted by Crippen LogP contribution is -2.38. The summed E-state index contributed by atoms with van der Waals surface area (Å²) in [6.07, 6.45) is 5.23. The van der Waals surface area contributed by atoms with Crippen molar-refractivity contribution in [3.05, 3.63) is 29.6 Å². The van der Waals surface area contributed by atoms with Gasteiger partial charge in [0.2, 0.25) is 0 Å². The Labute approximate surface area is 127 Å². The van der Waals surface area contributed by atoms with Gasteiger partial charge in [0.1, 0.15) is 6.04 Å². The zero-order valence-corrected chi connectivity index (χ0v) is 12.3. The highest BCUT2D eigenvalue weighted by molar-refractivity contribution is 5.78. The molecule has 0 saturated heterocycles. The molecule has 1 saturated carbocycles. The van der Waals surface area contributed by atoms with E-state index in [2.05, 4.69) is 10.8 Å². The second-order valence-corrected chi connectivity index (χ2v) is 5.46. The third-order valence-electron chi connectivity index (χ3n) is 3.69. The van der Waals surface area contributed by atoms with Crippen LogP contribution in [0, 0.1) is 17.5 Å². The Bertz CT molecular complexity index is 534. The summed E-state index contributed by atoms with van der Waals surface area (Å²) in [6.45, 7) is 1.45. The number of rotatable bonds is 5. The normalized spacial score (nSPS) is 17.1. The van der Waals surface area contributed by atoms with E-state index in [1.165, 1.54) is 13.3 Å². The van der Waals surface area contributed by atoms with Crippen LogP contribution in [-0.2, 0) is 9.63 Å². The number of hydrogen-bond acceptors (Lipinski definition) is 4. The van der Waals surface area contributed by atoms with Gasteiger partial charge >= 0.3 is 5.97 Å². The van der Waals surface area contributed by atoms with Crippen LogP contribution in [0.3, 0.4) is 0 Å². The second kappa shape index (κ2) is 7.49. The molecule has 1 aliphatic rings. The predicted octanol–water partition coefficient (Wildman–Crippen LogP) is 3.28. The van der Waals surface area contributed by atoms with Crippen molar-refractivity contribution in [3.63, 3.8) is 0 Å². The maximum absolute atomic E-state index is 13.5. The molecule has 0 aliphatic heterocycles. The first-order chi connectivity index (χ1) is 10.5. The molecule has 0 spiro atoms. The minimum atomic E-state index is -1.58. The van der Waals surface area contributed by atoms with Crippen molar-refractivity contribution in [1.29, 1.82) is 0 Å². The molecule has 0 radical (unpaired) electrons. The minimum absolute atomic E-state index is 0.130. The molecule has 7 heteroatoms. The van der Waals surface area contributed by atoms with Gasteiger partial charge in [0.15, 0.2) is 17.5 Å². The molecule has 0 aromatic heterocycles. The standard InChI is InChI=1S/C15H19F3N2O2/c1-9(15(21)22-20-10-5-3-2-4-6-10)19-12-8-7-11(16)13(17)14(12)18/h7-10,19-20H,2-6H2,1H3. The Morgan fingerprint density at radius 2 is 1.86 bits per heavy atom. The molecule has 22 heavy (non-hydrogen) atoms. The molecule has 0 bridgehead atoms. The van der Waals surface area contributed by atoms with E-state index >= 15 is 0 Å². The number of anilines is 1. The van der Waals surface area contributed by atoms with Crippen LogP contribution in [0.15, 0.2) is 12.1 Å². The fourth-order valence-corrected chi connectivity index (χ4v) is 2.38. The van der Waals surface area contributed by atoms with Gasteiger partial charge in [0.25, 0.3) is 0 Å². The third-order valence-corrected chi connectivity index (χ3v) is 3.69. The lowest BCUT2D eigenvalue weighted by Gasteiger charge is -2.23. The largest absolute Gasteiger partial charge is 0.370 e. The molecule has 2 rings (SSSR count). The molecule has 1 aromatic rings. The molecule has 122 valence electrons. The number of hydrogen-bond donors (Lipinski definition) is 2. The molecule has 1 aliphatic carbocycles. The summed E-state index contributed by atoms with van der Waals surface area (Å²) in [5, 5.41) is 2.47. The van der Waals surface area contributed by atoms with Crippen LogP contribution in [0.25, 0.3) is 0 Å². The fraction of sp³-hybridized carbons (Fsp3) is 0.533. The molecular formula is C15H19F3N2O2. The molecule has 1 fully saturated rings. The van der Waals surface area contributed by atoms with E-state index in [1.807, 2.05) is 0 Å². The van der Waals surface area contributed by atoms with Crippen LogP contribution in [-0.4, -0.2) is 18.1 Å². The number of benzene rings is 1. The molecule has 2 N–H and O–H groups in total. The van der Waals surface area contributed by atoms with Crippen LogP contribution in [0.2, 0.25) is 0 Å². The summed E-state index contributed by atoms with van der Waals surface area (Å²) in [6, 6.07) is 1.05. The Kier molecular flexibility index (Phi) is 5.65. The quantitative estimate of drug-likeness (QED) is 0.646. The Hall–Kier alpha value is -1.76. The molecule has 0 amide bonds. The van der Waals surface area contributed by atoms with E-state index in [1.54, 1.807) is 0 Å². The fourth-order valence-electron chi connectivity index (χ4n) is 2.38. The first kappa shape index (κ1) is 16.6. The van der Waals surface area contributed by atoms with Crippen LogP contribution >= 0.6 is 0 Å². The van der Waals surface area contributed by atoms with Crippen molar-refractivity contribution in [2.45, 2.75) is 51.1 Å². The zero-order valence-electron chi connectivity index (χ0n) is 12.3. The average Bonchev–Trinajstić information content (AvgIpc) is 2.54. The van der Waals surface area contributed by atoms with E-state index in [9.17, 15) is 18.0 Å². The number of hydroxylamine groups is 1. The van der Waals surface area contributed by atoms with Gasteiger partial charge in [0, 0.05) is 6.04 Å². The third kappa shape index (κ3) is 4.13. The summed E-state index contributed by atoms with van der Waals surface area (Å²) in [4.78, 5) is 16.8. The number of nitrogens with one attached hydrogen (secondary N) is 2. The lowest BCUT2D eigenvalue weighted by atomic mass is 9.96. The van der Waals surface area contributed by atoms with Gasteiger partial charge in [-0.15, -0.1) is 5.48 Å². The van der Waals surface area contributed by atoms with Gasteiger partial charge in [-0.05, 0) is 31.9 Å². The maximum Gasteiger partial charge on any atom is 0.346 e. The molecule has 1 atom stereocenters. The Morgan fingerprint density at radius 1 is 1.18 bits per heavy atom. The van der Waals surface area contributed by atoms with Crippen LogP contribution < -0.4 is 10.8 Å². The van der Waals surface area contributed by atoms with Crippen LogP contribution in [0.5, 0.6) is 0 Å². The predicted molar refractivity (Wildman–Crippen MR) is 75.5 cm³/mol. The first-order valence-electron chi connectivity index (χ1n) is 7.35. The van der Waals surface area contributed by atoms with E-state index in [0.29, 0.717) is 0 Å². The summed E-state index contributed by atoms with van der Waals surface area (Å²) >= 11 is 0. The lowest BCUT2D eigenvalue weighted by molar-refractivity contribution is -0.154. The average molecular weight is 316 g/mol. The summed E-state index contributed by atoms with van der Waals surface area (Å²) in [7, 11) is 0. The van der Waals surface area contributed by atoms with Gasteiger partial charge in [0.05, 0.1) is 5.69 Å². The molecule has 1 aromatic carbocycles. The van der Waals surface area contributed by atoms with E-state index < -0.39 is 29.5 Å². The minimum Gasteiger partial charge on any atom is -0.370 e. The van der Waals surface area contributed by atoms with Crippen molar-refractivity contribution in [3.8, 4) is 0 Å². The smallest absolute Gasteiger partial charge is 0.346 e. The second-order valence-electron chi connectivity index (χ2n) is 5.46. The topological polar surface area (TPSA) is 50.4 Å². The number of halogens is 3. The first-order valence-corrected chi connectivity index (χ1v) is 7.35. The highest BCUT2D eigenvalue weighted by atomic mass is 19.2. The van der Waals surface area contributed by atoms with Crippen LogP contribution in [0.4, 0.5) is 18.9 Å². The van der Waals surface area contributed by atoms with Gasteiger partial charge in [-0.3, -0.25) is 0 Å². The van der Waals surface area contributed by atoms with Crippen molar-refractivity contribution < 1.29 is 22.8 Å². The highest BCUT2D eigenvalue weighted by Crippen LogP contribution is 2.21. The van der Waals surface area contributed by atoms with Crippen molar-refractivity contribution in [2.75, 3.05) is 5.32 Å². The van der Waals surface area contributed by atoms with E-state index in [-0.39, 0.29) is 11.7 Å². The number of carbonyl (C=O) groups excluding carboxylic acids is 1. The Balaban J connectivity index is 1.87. The van der Waals surface area contributed by atoms with E-state index in [4.69, 9.17) is 4.84 Å². The van der Waals surface area contributed by atoms with Gasteiger partial charge in [-0.25, -0.2) is 18.0 Å². The number of carbonyl (C=O) groups is 1. The van der Waals surface area contributed by atoms with Crippen molar-refractivity contribution in [1.82, 2.24) is 5.48 Å².